The summed E-state index contributed by atoms with van der Waals surface area (Å²) >= 11 is 0. The van der Waals surface area contributed by atoms with Crippen LogP contribution in [0.15, 0.2) is 0 Å². The Labute approximate surface area is 375 Å². The zero-order chi connectivity index (χ0) is 49.1. The van der Waals surface area contributed by atoms with Gasteiger partial charge in [0.15, 0.2) is 31.5 Å². The van der Waals surface area contributed by atoms with Gasteiger partial charge in [-0.2, -0.15) is 0 Å². The van der Waals surface area contributed by atoms with Crippen LogP contribution in [0.1, 0.15) is 19.8 Å². The quantitative estimate of drug-likeness (QED) is 0.0815. The van der Waals surface area contributed by atoms with E-state index in [2.05, 4.69) is 0 Å². The van der Waals surface area contributed by atoms with Crippen LogP contribution >= 0.6 is 0 Å². The molecule has 5 heterocycles. The van der Waals surface area contributed by atoms with E-state index >= 15 is 0 Å². The maximum absolute atomic E-state index is 10.9. The Morgan fingerprint density at radius 2 is 0.758 bits per heavy atom. The zero-order valence-electron chi connectivity index (χ0n) is 35.4. The number of aliphatic hydroxyl groups is 19. The Bertz CT molecular complexity index is 1440. The molecule has 29 heteroatoms. The molecule has 0 unspecified atom stereocenters. The van der Waals surface area contributed by atoms with E-state index in [-0.39, 0.29) is 18.9 Å². The van der Waals surface area contributed by atoms with Crippen LogP contribution in [-0.4, -0.2) is 302 Å². The van der Waals surface area contributed by atoms with Gasteiger partial charge in [-0.3, -0.25) is 0 Å². The van der Waals surface area contributed by atoms with E-state index in [0.29, 0.717) is 0 Å². The summed E-state index contributed by atoms with van der Waals surface area (Å²) < 4.78 is 48.8. The minimum absolute atomic E-state index is 0.0479. The number of hydrogen-bond acceptors (Lipinski definition) is 29. The molecular weight excluding hydrogens is 906 g/mol. The number of rotatable bonds is 13. The van der Waals surface area contributed by atoms with Gasteiger partial charge in [0.2, 0.25) is 0 Å². The monoisotopic (exact) mass is 973 g/mol. The third-order valence-corrected chi connectivity index (χ3v) is 12.5. The molecule has 21 N–H and O–H groups in total. The van der Waals surface area contributed by atoms with Gasteiger partial charge in [-0.15, -0.1) is 0 Å². The predicted octanol–water partition coefficient (Wildman–Crippen LogP) is -12.5. The molecule has 0 spiro atoms. The number of nitrogens with two attached hydrogens (primary N) is 1. The van der Waals surface area contributed by atoms with Gasteiger partial charge in [-0.05, 0) is 13.3 Å². The zero-order valence-corrected chi connectivity index (χ0v) is 35.4. The van der Waals surface area contributed by atoms with Crippen LogP contribution in [0.3, 0.4) is 0 Å². The summed E-state index contributed by atoms with van der Waals surface area (Å²) in [5.74, 6) is -0.784. The van der Waals surface area contributed by atoms with Crippen LogP contribution in [0.2, 0.25) is 0 Å². The topological polar surface area (TPSA) is 493 Å². The summed E-state index contributed by atoms with van der Waals surface area (Å²) in [6, 6.07) is -0.870. The molecule has 0 radical (unpaired) electrons. The highest BCUT2D eigenvalue weighted by atomic mass is 16.8. The van der Waals surface area contributed by atoms with E-state index in [9.17, 15) is 97.0 Å². The van der Waals surface area contributed by atoms with Crippen molar-refractivity contribution in [3.8, 4) is 0 Å². The highest BCUT2D eigenvalue weighted by Crippen LogP contribution is 2.35. The Hall–Kier alpha value is -1.16. The van der Waals surface area contributed by atoms with Gasteiger partial charge in [0.25, 0.3) is 0 Å². The summed E-state index contributed by atoms with van der Waals surface area (Å²) in [5.41, 5.74) is 5.79. The fourth-order valence-electron chi connectivity index (χ4n) is 8.56. The standard InChI is InChI=1S/C25H45NO19.C12H22O9/c26-7-1-6(2-27)20(14(34)11(7)31)43-24-18(38)15(35)22(9(4-29)41-24)45-25-19(39)16(36)21(10(5-30)42-25)44-23-17(37)13(33)12(32)8(3-28)40-23;1-4-2-5(14)7(15)12(19-4)21-10-6(3-13)20-11(18)9(17)8(10)16/h6-25,27-39H,1-5,26H2;4-18H,2-3H2,1H3/t6-,7+,8-,9-,10-,11+,12-,13+,14-,15-,16-,17-,18-,19-,20-,21-,22-,23-,24-,25-;4-,5+,6-,7-,8-,9-,10-,11+,12-/m11/s1. The molecule has 6 fully saturated rings. The Morgan fingerprint density at radius 3 is 1.21 bits per heavy atom. The first-order chi connectivity index (χ1) is 31.1. The van der Waals surface area contributed by atoms with E-state index in [4.69, 9.17) is 48.4 Å². The molecule has 0 aromatic heterocycles. The lowest BCUT2D eigenvalue weighted by atomic mass is 9.80. The first kappa shape index (κ1) is 55.8. The molecule has 0 amide bonds. The summed E-state index contributed by atoms with van der Waals surface area (Å²) in [5, 5.41) is 191. The minimum atomic E-state index is -1.99. The van der Waals surface area contributed by atoms with Crippen molar-refractivity contribution >= 4 is 0 Å². The molecule has 0 aromatic carbocycles. The van der Waals surface area contributed by atoms with Gasteiger partial charge in [-0.1, -0.05) is 0 Å². The van der Waals surface area contributed by atoms with Crippen molar-refractivity contribution < 1.29 is 140 Å². The maximum atomic E-state index is 10.9. The summed E-state index contributed by atoms with van der Waals surface area (Å²) in [7, 11) is 0. The van der Waals surface area contributed by atoms with Gasteiger partial charge in [0.05, 0.1) is 50.8 Å². The molecule has 6 rings (SSSR count). The molecule has 66 heavy (non-hydrogen) atoms. The van der Waals surface area contributed by atoms with Crippen molar-refractivity contribution in [1.82, 2.24) is 0 Å². The second-order valence-corrected chi connectivity index (χ2v) is 17.2. The molecule has 5 saturated heterocycles. The average Bonchev–Trinajstić information content (AvgIpc) is 3.29. The molecule has 388 valence electrons. The normalized spacial score (nSPS) is 52.6. The summed E-state index contributed by atoms with van der Waals surface area (Å²) in [4.78, 5) is 0. The van der Waals surface area contributed by atoms with Crippen LogP contribution in [0.25, 0.3) is 0 Å². The summed E-state index contributed by atoms with van der Waals surface area (Å²) in [6.45, 7) is -1.90. The van der Waals surface area contributed by atoms with Crippen molar-refractivity contribution in [1.29, 1.82) is 0 Å². The van der Waals surface area contributed by atoms with E-state index in [1.165, 1.54) is 0 Å². The van der Waals surface area contributed by atoms with Gasteiger partial charge in [0.1, 0.15) is 110 Å². The van der Waals surface area contributed by atoms with Crippen molar-refractivity contribution in [3.63, 3.8) is 0 Å². The Morgan fingerprint density at radius 1 is 0.379 bits per heavy atom. The molecule has 0 aromatic rings. The fourth-order valence-corrected chi connectivity index (χ4v) is 8.56. The summed E-state index contributed by atoms with van der Waals surface area (Å²) in [6.07, 6.45) is -41.3. The third-order valence-electron chi connectivity index (χ3n) is 12.5. The smallest absolute Gasteiger partial charge is 0.187 e. The molecule has 29 atom stereocenters. The van der Waals surface area contributed by atoms with Crippen molar-refractivity contribution in [2.45, 2.75) is 192 Å². The van der Waals surface area contributed by atoms with E-state index < -0.39 is 205 Å². The number of ether oxygens (including phenoxy) is 9. The van der Waals surface area contributed by atoms with Crippen molar-refractivity contribution in [2.24, 2.45) is 11.7 Å². The second kappa shape index (κ2) is 24.3. The lowest BCUT2D eigenvalue weighted by molar-refractivity contribution is -0.383. The average molecular weight is 974 g/mol. The first-order valence-electron chi connectivity index (χ1n) is 21.4. The van der Waals surface area contributed by atoms with Crippen LogP contribution in [-0.2, 0) is 42.6 Å². The molecule has 0 bridgehead atoms. The van der Waals surface area contributed by atoms with E-state index in [1.807, 2.05) is 0 Å². The molecule has 1 aliphatic carbocycles. The third kappa shape index (κ3) is 12.1. The van der Waals surface area contributed by atoms with Gasteiger partial charge in [-0.25, -0.2) is 0 Å². The van der Waals surface area contributed by atoms with Crippen LogP contribution in [0.4, 0.5) is 0 Å². The van der Waals surface area contributed by atoms with Crippen molar-refractivity contribution in [3.05, 3.63) is 0 Å². The number of aliphatic hydroxyl groups excluding tert-OH is 19. The lowest BCUT2D eigenvalue weighted by Gasteiger charge is -2.49. The molecule has 6 aliphatic rings. The minimum Gasteiger partial charge on any atom is -0.396 e. The highest BCUT2D eigenvalue weighted by molar-refractivity contribution is 4.99. The van der Waals surface area contributed by atoms with Crippen LogP contribution in [0.5, 0.6) is 0 Å². The maximum Gasteiger partial charge on any atom is 0.187 e. The predicted molar refractivity (Wildman–Crippen MR) is 205 cm³/mol. The molecule has 1 saturated carbocycles. The van der Waals surface area contributed by atoms with E-state index in [1.54, 1.807) is 6.92 Å². The van der Waals surface area contributed by atoms with Gasteiger partial charge in [0, 0.05) is 25.0 Å². The SMILES string of the molecule is C[C@@H]1C[C@H](O)[C@@H](O)[C@@H](O[C@H]2[C@H](O)[C@@H](O)[C@@H](O)O[C@@H]2CO)O1.N[C@H]1C[C@H](CO)[C@@H](O[C@H]2O[C@H](CO)[C@@H](O[C@H]3O[C@H](CO)[C@@H](O[C@H]4O[C@H](CO)[C@@H](O)[C@H](O)[C@H]4O)[C@H](O)[C@H]3O)[C@H](O)[C@H]2O)[C@H](O)[C@H]1O. The lowest BCUT2D eigenvalue weighted by Crippen LogP contribution is -2.67. The van der Waals surface area contributed by atoms with Crippen LogP contribution in [0, 0.1) is 5.92 Å². The van der Waals surface area contributed by atoms with Gasteiger partial charge >= 0.3 is 0 Å². The number of hydrogen-bond donors (Lipinski definition) is 20. The highest BCUT2D eigenvalue weighted by Gasteiger charge is 2.55. The second-order valence-electron chi connectivity index (χ2n) is 17.2. The Balaban J connectivity index is 0.000000324. The van der Waals surface area contributed by atoms with Gasteiger partial charge < -0.3 is 145 Å². The molecule has 5 aliphatic heterocycles. The molecular formula is C37H67NO28. The van der Waals surface area contributed by atoms with Crippen molar-refractivity contribution in [2.75, 3.05) is 33.0 Å². The van der Waals surface area contributed by atoms with E-state index in [0.717, 1.165) is 0 Å². The molecule has 29 nitrogen and oxygen atoms in total. The first-order valence-corrected chi connectivity index (χ1v) is 21.4. The Kier molecular flexibility index (Phi) is 20.5. The largest absolute Gasteiger partial charge is 0.396 e. The van der Waals surface area contributed by atoms with Crippen LogP contribution < -0.4 is 5.73 Å². The fraction of sp³-hybridized carbons (Fsp3) is 1.00.